The molecule has 2 aromatic rings. The van der Waals surface area contributed by atoms with E-state index in [4.69, 9.17) is 12.2 Å². The zero-order valence-corrected chi connectivity index (χ0v) is 15.3. The standard InChI is InChI=1S/C20H25N3S/c1-3-16-9-6-8-15(2)19(16)22-20(24)23-13-5-4-11-18(23)17-10-7-12-21-14-17/h6-10,12,14,18H,3-5,11,13H2,1-2H3,(H,22,24)/t18-/m0/s1. The Kier molecular flexibility index (Phi) is 5.46. The average Bonchev–Trinajstić information content (AvgIpc) is 2.64. The van der Waals surface area contributed by atoms with Crippen LogP contribution in [0.3, 0.4) is 0 Å². The van der Waals surface area contributed by atoms with Gasteiger partial charge in [0.1, 0.15) is 0 Å². The molecule has 1 aliphatic heterocycles. The molecule has 1 saturated heterocycles. The second-order valence-electron chi connectivity index (χ2n) is 6.38. The van der Waals surface area contributed by atoms with Crippen LogP contribution in [0, 0.1) is 6.92 Å². The van der Waals surface area contributed by atoms with Crippen LogP contribution in [-0.4, -0.2) is 21.5 Å². The lowest BCUT2D eigenvalue weighted by atomic mass is 9.97. The Morgan fingerprint density at radius 1 is 1.29 bits per heavy atom. The third kappa shape index (κ3) is 3.59. The van der Waals surface area contributed by atoms with Crippen LogP contribution in [-0.2, 0) is 6.42 Å². The molecule has 1 aromatic carbocycles. The number of piperidine rings is 1. The highest BCUT2D eigenvalue weighted by molar-refractivity contribution is 7.80. The number of hydrogen-bond acceptors (Lipinski definition) is 2. The zero-order valence-electron chi connectivity index (χ0n) is 14.5. The van der Waals surface area contributed by atoms with Gasteiger partial charge in [-0.25, -0.2) is 0 Å². The quantitative estimate of drug-likeness (QED) is 0.807. The van der Waals surface area contributed by atoms with Crippen molar-refractivity contribution in [2.24, 2.45) is 0 Å². The molecular formula is C20H25N3S. The second kappa shape index (κ2) is 7.75. The van der Waals surface area contributed by atoms with Crippen molar-refractivity contribution >= 4 is 23.0 Å². The second-order valence-corrected chi connectivity index (χ2v) is 6.77. The third-order valence-electron chi connectivity index (χ3n) is 4.80. The number of aromatic nitrogens is 1. The molecule has 1 N–H and O–H groups in total. The number of aryl methyl sites for hydroxylation is 2. The van der Waals surface area contributed by atoms with Crippen molar-refractivity contribution in [2.75, 3.05) is 11.9 Å². The summed E-state index contributed by atoms with van der Waals surface area (Å²) in [6.07, 6.45) is 8.35. The van der Waals surface area contributed by atoms with E-state index in [9.17, 15) is 0 Å². The minimum Gasteiger partial charge on any atom is -0.342 e. The first-order valence-corrected chi connectivity index (χ1v) is 9.17. The predicted molar refractivity (Wildman–Crippen MR) is 104 cm³/mol. The Labute approximate surface area is 150 Å². The Balaban J connectivity index is 1.83. The first kappa shape index (κ1) is 16.9. The number of nitrogens with zero attached hydrogens (tertiary/aromatic N) is 2. The summed E-state index contributed by atoms with van der Waals surface area (Å²) in [5, 5.41) is 4.36. The Bertz CT molecular complexity index is 699. The minimum absolute atomic E-state index is 0.321. The fourth-order valence-electron chi connectivity index (χ4n) is 3.48. The average molecular weight is 340 g/mol. The summed E-state index contributed by atoms with van der Waals surface area (Å²) < 4.78 is 0. The molecule has 3 nitrogen and oxygen atoms in total. The molecule has 3 rings (SSSR count). The van der Waals surface area contributed by atoms with Gasteiger partial charge in [0.05, 0.1) is 6.04 Å². The first-order valence-electron chi connectivity index (χ1n) is 8.76. The Morgan fingerprint density at radius 2 is 2.17 bits per heavy atom. The molecule has 0 amide bonds. The molecule has 1 fully saturated rings. The lowest BCUT2D eigenvalue weighted by Crippen LogP contribution is -2.41. The van der Waals surface area contributed by atoms with E-state index in [2.05, 4.69) is 53.3 Å². The van der Waals surface area contributed by atoms with Crippen LogP contribution in [0.15, 0.2) is 42.7 Å². The van der Waals surface area contributed by atoms with E-state index in [0.29, 0.717) is 6.04 Å². The van der Waals surface area contributed by atoms with Crippen molar-refractivity contribution in [1.82, 2.24) is 9.88 Å². The largest absolute Gasteiger partial charge is 0.342 e. The number of pyridine rings is 1. The summed E-state index contributed by atoms with van der Waals surface area (Å²) in [7, 11) is 0. The van der Waals surface area contributed by atoms with Crippen LogP contribution in [0.5, 0.6) is 0 Å². The van der Waals surface area contributed by atoms with Gasteiger partial charge in [-0.2, -0.15) is 0 Å². The summed E-state index contributed by atoms with van der Waals surface area (Å²) in [6, 6.07) is 10.9. The van der Waals surface area contributed by atoms with Gasteiger partial charge >= 0.3 is 0 Å². The number of thiocarbonyl (C=S) groups is 1. The molecule has 2 heterocycles. The summed E-state index contributed by atoms with van der Waals surface area (Å²) in [4.78, 5) is 6.62. The molecule has 1 aromatic heterocycles. The lowest BCUT2D eigenvalue weighted by molar-refractivity contribution is 0.248. The fourth-order valence-corrected chi connectivity index (χ4v) is 3.80. The summed E-state index contributed by atoms with van der Waals surface area (Å²) in [5.41, 5.74) is 4.97. The molecule has 0 bridgehead atoms. The predicted octanol–water partition coefficient (Wildman–Crippen LogP) is 4.88. The van der Waals surface area contributed by atoms with Crippen molar-refractivity contribution < 1.29 is 0 Å². The molecule has 1 aliphatic rings. The van der Waals surface area contributed by atoms with Gasteiger partial charge in [-0.15, -0.1) is 0 Å². The first-order chi connectivity index (χ1) is 11.7. The summed E-state index contributed by atoms with van der Waals surface area (Å²) in [5.74, 6) is 0. The van der Waals surface area contributed by atoms with E-state index in [1.165, 1.54) is 35.2 Å². The SMILES string of the molecule is CCc1cccc(C)c1NC(=S)N1CCCC[C@H]1c1cccnc1. The molecule has 126 valence electrons. The van der Waals surface area contributed by atoms with Gasteiger partial charge in [-0.1, -0.05) is 31.2 Å². The maximum absolute atomic E-state index is 5.79. The highest BCUT2D eigenvalue weighted by Gasteiger charge is 2.26. The van der Waals surface area contributed by atoms with Crippen molar-refractivity contribution in [1.29, 1.82) is 0 Å². The summed E-state index contributed by atoms with van der Waals surface area (Å²) in [6.45, 7) is 5.32. The van der Waals surface area contributed by atoms with Crippen LogP contribution in [0.1, 0.15) is 48.9 Å². The number of nitrogens with one attached hydrogen (secondary N) is 1. The van der Waals surface area contributed by atoms with Gasteiger partial charge < -0.3 is 10.2 Å². The third-order valence-corrected chi connectivity index (χ3v) is 5.14. The van der Waals surface area contributed by atoms with Gasteiger partial charge in [0.2, 0.25) is 0 Å². The van der Waals surface area contributed by atoms with Crippen LogP contribution < -0.4 is 5.32 Å². The maximum Gasteiger partial charge on any atom is 0.173 e. The molecule has 0 unspecified atom stereocenters. The van der Waals surface area contributed by atoms with Gasteiger partial charge in [0, 0.05) is 24.6 Å². The molecule has 24 heavy (non-hydrogen) atoms. The van der Waals surface area contributed by atoms with Crippen LogP contribution in [0.25, 0.3) is 0 Å². The molecule has 0 saturated carbocycles. The van der Waals surface area contributed by atoms with E-state index < -0.39 is 0 Å². The normalized spacial score (nSPS) is 17.6. The zero-order chi connectivity index (χ0) is 16.9. The van der Waals surface area contributed by atoms with E-state index in [1.807, 2.05) is 18.5 Å². The van der Waals surface area contributed by atoms with E-state index in [0.717, 1.165) is 24.5 Å². The van der Waals surface area contributed by atoms with Crippen molar-refractivity contribution in [2.45, 2.75) is 45.6 Å². The van der Waals surface area contributed by atoms with Crippen LogP contribution in [0.2, 0.25) is 0 Å². The number of benzene rings is 1. The number of likely N-dealkylation sites (tertiary alicyclic amines) is 1. The van der Waals surface area contributed by atoms with Crippen molar-refractivity contribution in [3.8, 4) is 0 Å². The van der Waals surface area contributed by atoms with Crippen LogP contribution in [0.4, 0.5) is 5.69 Å². The lowest BCUT2D eigenvalue weighted by Gasteiger charge is -2.38. The topological polar surface area (TPSA) is 28.2 Å². The Hall–Kier alpha value is -1.94. The van der Waals surface area contributed by atoms with Crippen molar-refractivity contribution in [3.05, 3.63) is 59.4 Å². The highest BCUT2D eigenvalue weighted by Crippen LogP contribution is 2.31. The molecular weight excluding hydrogens is 314 g/mol. The van der Waals surface area contributed by atoms with Gasteiger partial charge in [0.15, 0.2) is 5.11 Å². The smallest absolute Gasteiger partial charge is 0.173 e. The van der Waals surface area contributed by atoms with Gasteiger partial charge in [-0.3, -0.25) is 4.98 Å². The molecule has 1 atom stereocenters. The molecule has 4 heteroatoms. The van der Waals surface area contributed by atoms with Gasteiger partial charge in [-0.05, 0) is 67.6 Å². The fraction of sp³-hybridized carbons (Fsp3) is 0.400. The number of hydrogen-bond donors (Lipinski definition) is 1. The van der Waals surface area contributed by atoms with E-state index >= 15 is 0 Å². The maximum atomic E-state index is 5.79. The highest BCUT2D eigenvalue weighted by atomic mass is 32.1. The number of anilines is 1. The molecule has 0 radical (unpaired) electrons. The summed E-state index contributed by atoms with van der Waals surface area (Å²) >= 11 is 5.79. The Morgan fingerprint density at radius 3 is 2.92 bits per heavy atom. The van der Waals surface area contributed by atoms with Crippen molar-refractivity contribution in [3.63, 3.8) is 0 Å². The van der Waals surface area contributed by atoms with Gasteiger partial charge in [0.25, 0.3) is 0 Å². The van der Waals surface area contributed by atoms with E-state index in [1.54, 1.807) is 0 Å². The monoisotopic (exact) mass is 339 g/mol. The molecule has 0 spiro atoms. The molecule has 0 aliphatic carbocycles. The minimum atomic E-state index is 0.321. The van der Waals surface area contributed by atoms with Crippen LogP contribution >= 0.6 is 12.2 Å². The number of rotatable bonds is 3. The number of para-hydroxylation sites is 1. The van der Waals surface area contributed by atoms with E-state index in [-0.39, 0.29) is 0 Å².